The second-order valence-corrected chi connectivity index (χ2v) is 5.85. The molecule has 3 rings (SSSR count). The molecule has 1 saturated carbocycles. The third-order valence-electron chi connectivity index (χ3n) is 4.36. The van der Waals surface area contributed by atoms with Gasteiger partial charge in [0, 0.05) is 38.1 Å². The molecule has 1 aliphatic carbocycles. The molecule has 1 aromatic rings. The van der Waals surface area contributed by atoms with Gasteiger partial charge in [-0.3, -0.25) is 9.88 Å². The van der Waals surface area contributed by atoms with Gasteiger partial charge >= 0.3 is 0 Å². The van der Waals surface area contributed by atoms with Crippen LogP contribution in [0.15, 0.2) is 24.5 Å². The molecule has 2 aliphatic rings. The summed E-state index contributed by atoms with van der Waals surface area (Å²) in [4.78, 5) is 6.77. The van der Waals surface area contributed by atoms with Crippen LogP contribution in [0.3, 0.4) is 0 Å². The number of aromatic nitrogens is 1. The van der Waals surface area contributed by atoms with Gasteiger partial charge in [0.25, 0.3) is 0 Å². The van der Waals surface area contributed by atoms with Gasteiger partial charge in [-0.2, -0.15) is 0 Å². The Bertz CT molecular complexity index is 391. The van der Waals surface area contributed by atoms with Gasteiger partial charge in [0.15, 0.2) is 0 Å². The van der Waals surface area contributed by atoms with Crippen LogP contribution in [0.1, 0.15) is 31.7 Å². The zero-order chi connectivity index (χ0) is 13.1. The molecule has 0 unspecified atom stereocenters. The monoisotopic (exact) mass is 260 g/mol. The Hall–Kier alpha value is -0.930. The summed E-state index contributed by atoms with van der Waals surface area (Å²) in [5.41, 5.74) is 1.38. The van der Waals surface area contributed by atoms with E-state index >= 15 is 0 Å². The van der Waals surface area contributed by atoms with Crippen molar-refractivity contribution < 1.29 is 4.74 Å². The van der Waals surface area contributed by atoms with Crippen LogP contribution in [0.5, 0.6) is 0 Å². The first-order chi connectivity index (χ1) is 9.36. The minimum atomic E-state index is 0.414. The number of rotatable bonds is 6. The van der Waals surface area contributed by atoms with E-state index in [1.807, 2.05) is 12.4 Å². The fourth-order valence-electron chi connectivity index (χ4n) is 3.17. The lowest BCUT2D eigenvalue weighted by Crippen LogP contribution is -2.39. The van der Waals surface area contributed by atoms with Crippen LogP contribution in [-0.2, 0) is 11.2 Å². The zero-order valence-electron chi connectivity index (χ0n) is 11.8. The third kappa shape index (κ3) is 3.34. The van der Waals surface area contributed by atoms with Crippen molar-refractivity contribution in [3.05, 3.63) is 30.1 Å². The molecule has 3 heteroatoms. The van der Waals surface area contributed by atoms with E-state index in [0.717, 1.165) is 18.9 Å². The summed E-state index contributed by atoms with van der Waals surface area (Å²) in [5, 5.41) is 0. The van der Waals surface area contributed by atoms with Crippen LogP contribution in [-0.4, -0.2) is 41.7 Å². The predicted octanol–water partition coefficient (Wildman–Crippen LogP) is 2.51. The number of nitrogens with zero attached hydrogens (tertiary/aromatic N) is 2. The van der Waals surface area contributed by atoms with E-state index in [0.29, 0.717) is 12.1 Å². The lowest BCUT2D eigenvalue weighted by molar-refractivity contribution is 0.0338. The first-order valence-electron chi connectivity index (χ1n) is 7.61. The van der Waals surface area contributed by atoms with Crippen molar-refractivity contribution >= 4 is 0 Å². The average Bonchev–Trinajstić information content (AvgIpc) is 3.18. The Morgan fingerprint density at radius 2 is 2.05 bits per heavy atom. The highest BCUT2D eigenvalue weighted by Crippen LogP contribution is 2.33. The van der Waals surface area contributed by atoms with Gasteiger partial charge in [-0.25, -0.2) is 0 Å². The van der Waals surface area contributed by atoms with Gasteiger partial charge in [0.05, 0.1) is 6.10 Å². The minimum Gasteiger partial charge on any atom is -0.377 e. The number of hydrogen-bond donors (Lipinski definition) is 0. The molecule has 3 nitrogen and oxygen atoms in total. The largest absolute Gasteiger partial charge is 0.377 e. The fraction of sp³-hybridized carbons (Fsp3) is 0.688. The summed E-state index contributed by atoms with van der Waals surface area (Å²) in [5.74, 6) is 0.959. The maximum atomic E-state index is 5.96. The second-order valence-electron chi connectivity index (χ2n) is 5.85. The lowest BCUT2D eigenvalue weighted by atomic mass is 10.0. The van der Waals surface area contributed by atoms with Crippen molar-refractivity contribution in [1.29, 1.82) is 0 Å². The highest BCUT2D eigenvalue weighted by atomic mass is 16.5. The maximum absolute atomic E-state index is 5.96. The SMILES string of the molecule is CCO[C@H]1CCN(CC2CC2)[C@H]1Cc1ccncc1. The maximum Gasteiger partial charge on any atom is 0.0745 e. The minimum absolute atomic E-state index is 0.414. The quantitative estimate of drug-likeness (QED) is 0.786. The fourth-order valence-corrected chi connectivity index (χ4v) is 3.17. The number of hydrogen-bond acceptors (Lipinski definition) is 3. The number of pyridine rings is 1. The molecule has 2 heterocycles. The van der Waals surface area contributed by atoms with Gasteiger partial charge in [-0.1, -0.05) is 0 Å². The average molecular weight is 260 g/mol. The molecule has 2 fully saturated rings. The summed E-state index contributed by atoms with van der Waals surface area (Å²) >= 11 is 0. The summed E-state index contributed by atoms with van der Waals surface area (Å²) in [7, 11) is 0. The molecule has 0 N–H and O–H groups in total. The normalized spacial score (nSPS) is 27.8. The third-order valence-corrected chi connectivity index (χ3v) is 4.36. The topological polar surface area (TPSA) is 25.4 Å². The van der Waals surface area contributed by atoms with Crippen LogP contribution >= 0.6 is 0 Å². The first kappa shape index (κ1) is 13.1. The van der Waals surface area contributed by atoms with E-state index in [9.17, 15) is 0 Å². The van der Waals surface area contributed by atoms with Crippen molar-refractivity contribution in [3.63, 3.8) is 0 Å². The van der Waals surface area contributed by atoms with Crippen molar-refractivity contribution in [2.24, 2.45) is 5.92 Å². The summed E-state index contributed by atoms with van der Waals surface area (Å²) in [6.07, 6.45) is 9.35. The molecule has 0 aromatic carbocycles. The highest BCUT2D eigenvalue weighted by Gasteiger charge is 2.37. The van der Waals surface area contributed by atoms with Gasteiger partial charge in [0.2, 0.25) is 0 Å². The van der Waals surface area contributed by atoms with Crippen molar-refractivity contribution in [3.8, 4) is 0 Å². The highest BCUT2D eigenvalue weighted by molar-refractivity contribution is 5.13. The molecule has 0 amide bonds. The van der Waals surface area contributed by atoms with E-state index in [1.54, 1.807) is 0 Å². The summed E-state index contributed by atoms with van der Waals surface area (Å²) < 4.78 is 5.96. The zero-order valence-corrected chi connectivity index (χ0v) is 11.8. The van der Waals surface area contributed by atoms with E-state index < -0.39 is 0 Å². The molecule has 0 bridgehead atoms. The lowest BCUT2D eigenvalue weighted by Gasteiger charge is -2.28. The molecule has 0 radical (unpaired) electrons. The van der Waals surface area contributed by atoms with Crippen LogP contribution < -0.4 is 0 Å². The smallest absolute Gasteiger partial charge is 0.0745 e. The molecule has 1 aromatic heterocycles. The predicted molar refractivity (Wildman–Crippen MR) is 76.1 cm³/mol. The van der Waals surface area contributed by atoms with Crippen LogP contribution in [0, 0.1) is 5.92 Å². The Morgan fingerprint density at radius 1 is 1.26 bits per heavy atom. The van der Waals surface area contributed by atoms with E-state index in [4.69, 9.17) is 4.74 Å². The van der Waals surface area contributed by atoms with E-state index in [-0.39, 0.29) is 0 Å². The van der Waals surface area contributed by atoms with Gasteiger partial charge < -0.3 is 4.74 Å². The molecule has 1 aliphatic heterocycles. The van der Waals surface area contributed by atoms with Gasteiger partial charge in [0.1, 0.15) is 0 Å². The van der Waals surface area contributed by atoms with E-state index in [1.165, 1.54) is 37.9 Å². The van der Waals surface area contributed by atoms with Gasteiger partial charge in [-0.05, 0) is 56.2 Å². The Balaban J connectivity index is 1.67. The van der Waals surface area contributed by atoms with Crippen molar-refractivity contribution in [2.45, 2.75) is 44.8 Å². The molecular weight excluding hydrogens is 236 g/mol. The molecule has 1 saturated heterocycles. The van der Waals surface area contributed by atoms with Crippen molar-refractivity contribution in [1.82, 2.24) is 9.88 Å². The molecular formula is C16H24N2O. The number of likely N-dealkylation sites (tertiary alicyclic amines) is 1. The Labute approximate surface area is 116 Å². The summed E-state index contributed by atoms with van der Waals surface area (Å²) in [6, 6.07) is 4.83. The van der Waals surface area contributed by atoms with Crippen LogP contribution in [0.2, 0.25) is 0 Å². The Kier molecular flexibility index (Phi) is 4.14. The van der Waals surface area contributed by atoms with Crippen molar-refractivity contribution in [2.75, 3.05) is 19.7 Å². The first-order valence-corrected chi connectivity index (χ1v) is 7.61. The standard InChI is InChI=1S/C16H24N2O/c1-2-19-16-7-10-18(12-14-3-4-14)15(16)11-13-5-8-17-9-6-13/h5-6,8-9,14-16H,2-4,7,10-12H2,1H3/t15-,16-/m0/s1. The molecule has 0 spiro atoms. The molecule has 19 heavy (non-hydrogen) atoms. The second kappa shape index (κ2) is 6.02. The van der Waals surface area contributed by atoms with Gasteiger partial charge in [-0.15, -0.1) is 0 Å². The Morgan fingerprint density at radius 3 is 2.74 bits per heavy atom. The summed E-state index contributed by atoms with van der Waals surface area (Å²) in [6.45, 7) is 5.41. The molecule has 104 valence electrons. The van der Waals surface area contributed by atoms with Crippen LogP contribution in [0.4, 0.5) is 0 Å². The van der Waals surface area contributed by atoms with E-state index in [2.05, 4.69) is 28.9 Å². The van der Waals surface area contributed by atoms with Crippen LogP contribution in [0.25, 0.3) is 0 Å². The number of ether oxygens (including phenoxy) is 1. The molecule has 2 atom stereocenters.